The van der Waals surface area contributed by atoms with Crippen LogP contribution < -0.4 is 0 Å². The normalized spacial score (nSPS) is 13.2. The van der Waals surface area contributed by atoms with Crippen LogP contribution >= 0.6 is 0 Å². The van der Waals surface area contributed by atoms with E-state index >= 15 is 0 Å². The standard InChI is InChI=1S/C18H16N2O4/c1-3-24-18(23)13-9-8-12(19-11(13)2)10-20-16(21)14-6-4-5-7-15(14)17(20)22/h4-9H,3,10H2,1-2H3. The van der Waals surface area contributed by atoms with Gasteiger partial charge in [-0.3, -0.25) is 19.5 Å². The predicted molar refractivity (Wildman–Crippen MR) is 85.6 cm³/mol. The van der Waals surface area contributed by atoms with Crippen molar-refractivity contribution in [3.8, 4) is 0 Å². The molecule has 0 spiro atoms. The highest BCUT2D eigenvalue weighted by molar-refractivity contribution is 6.21. The van der Waals surface area contributed by atoms with E-state index < -0.39 is 5.97 Å². The van der Waals surface area contributed by atoms with Gasteiger partial charge in [-0.15, -0.1) is 0 Å². The van der Waals surface area contributed by atoms with Crippen LogP contribution in [0.2, 0.25) is 0 Å². The van der Waals surface area contributed by atoms with E-state index in [2.05, 4.69) is 4.98 Å². The largest absolute Gasteiger partial charge is 0.462 e. The highest BCUT2D eigenvalue weighted by Crippen LogP contribution is 2.24. The van der Waals surface area contributed by atoms with E-state index in [0.29, 0.717) is 28.1 Å². The van der Waals surface area contributed by atoms with E-state index in [-0.39, 0.29) is 25.0 Å². The Labute approximate surface area is 139 Å². The topological polar surface area (TPSA) is 76.6 Å². The summed E-state index contributed by atoms with van der Waals surface area (Å²) >= 11 is 0. The minimum atomic E-state index is -0.435. The molecule has 2 aromatic rings. The molecule has 1 aliphatic rings. The van der Waals surface area contributed by atoms with Crippen LogP contribution in [0.25, 0.3) is 0 Å². The van der Waals surface area contributed by atoms with E-state index in [4.69, 9.17) is 4.74 Å². The quantitative estimate of drug-likeness (QED) is 0.637. The van der Waals surface area contributed by atoms with E-state index in [1.165, 1.54) is 0 Å². The number of hydrogen-bond donors (Lipinski definition) is 0. The molecule has 1 aromatic carbocycles. The SMILES string of the molecule is CCOC(=O)c1ccc(CN2C(=O)c3ccccc3C2=O)nc1C. The fraction of sp³-hybridized carbons (Fsp3) is 0.222. The summed E-state index contributed by atoms with van der Waals surface area (Å²) in [6.45, 7) is 3.78. The van der Waals surface area contributed by atoms with Gasteiger partial charge in [0.05, 0.1) is 41.2 Å². The number of ether oxygens (including phenoxy) is 1. The number of imide groups is 1. The van der Waals surface area contributed by atoms with Crippen molar-refractivity contribution in [3.05, 3.63) is 64.5 Å². The van der Waals surface area contributed by atoms with Gasteiger partial charge in [0, 0.05) is 0 Å². The lowest BCUT2D eigenvalue weighted by Gasteiger charge is -2.14. The van der Waals surface area contributed by atoms with Gasteiger partial charge in [-0.1, -0.05) is 12.1 Å². The van der Waals surface area contributed by atoms with Crippen LogP contribution in [0.1, 0.15) is 49.4 Å². The van der Waals surface area contributed by atoms with Gasteiger partial charge in [0.15, 0.2) is 0 Å². The summed E-state index contributed by atoms with van der Waals surface area (Å²) in [5, 5.41) is 0. The molecule has 1 aliphatic heterocycles. The van der Waals surface area contributed by atoms with Crippen LogP contribution in [0.15, 0.2) is 36.4 Å². The maximum Gasteiger partial charge on any atom is 0.339 e. The van der Waals surface area contributed by atoms with Crippen molar-refractivity contribution < 1.29 is 19.1 Å². The van der Waals surface area contributed by atoms with E-state index in [1.807, 2.05) is 0 Å². The van der Waals surface area contributed by atoms with Crippen molar-refractivity contribution in [1.82, 2.24) is 9.88 Å². The van der Waals surface area contributed by atoms with Crippen molar-refractivity contribution in [2.45, 2.75) is 20.4 Å². The first kappa shape index (κ1) is 15.9. The Balaban J connectivity index is 1.83. The first-order valence-electron chi connectivity index (χ1n) is 7.61. The molecule has 24 heavy (non-hydrogen) atoms. The highest BCUT2D eigenvalue weighted by atomic mass is 16.5. The number of aromatic nitrogens is 1. The average Bonchev–Trinajstić information content (AvgIpc) is 2.81. The van der Waals surface area contributed by atoms with Crippen LogP contribution in [-0.2, 0) is 11.3 Å². The summed E-state index contributed by atoms with van der Waals surface area (Å²) in [4.78, 5) is 42.0. The third-order valence-corrected chi connectivity index (χ3v) is 3.84. The number of pyridine rings is 1. The summed E-state index contributed by atoms with van der Waals surface area (Å²) in [6.07, 6.45) is 0. The fourth-order valence-electron chi connectivity index (χ4n) is 2.67. The Morgan fingerprint density at radius 1 is 1.08 bits per heavy atom. The summed E-state index contributed by atoms with van der Waals surface area (Å²) in [5.74, 6) is -1.09. The van der Waals surface area contributed by atoms with E-state index in [1.54, 1.807) is 50.2 Å². The zero-order chi connectivity index (χ0) is 17.3. The van der Waals surface area contributed by atoms with Gasteiger partial charge in [-0.05, 0) is 38.1 Å². The second-order valence-corrected chi connectivity index (χ2v) is 5.40. The summed E-state index contributed by atoms with van der Waals surface area (Å²) in [5.41, 5.74) is 2.23. The van der Waals surface area contributed by atoms with Crippen molar-refractivity contribution in [3.63, 3.8) is 0 Å². The third kappa shape index (κ3) is 2.67. The molecule has 0 unspecified atom stereocenters. The molecule has 1 aromatic heterocycles. The molecule has 0 radical (unpaired) electrons. The molecule has 0 aliphatic carbocycles. The van der Waals surface area contributed by atoms with Gasteiger partial charge in [-0.2, -0.15) is 0 Å². The van der Waals surface area contributed by atoms with Crippen LogP contribution in [-0.4, -0.2) is 34.3 Å². The highest BCUT2D eigenvalue weighted by Gasteiger charge is 2.35. The van der Waals surface area contributed by atoms with Gasteiger partial charge in [-0.25, -0.2) is 4.79 Å². The minimum Gasteiger partial charge on any atom is -0.462 e. The molecule has 6 heteroatoms. The first-order chi connectivity index (χ1) is 11.5. The number of rotatable bonds is 4. The monoisotopic (exact) mass is 324 g/mol. The van der Waals surface area contributed by atoms with Crippen LogP contribution in [0.3, 0.4) is 0 Å². The lowest BCUT2D eigenvalue weighted by Crippen LogP contribution is -2.29. The third-order valence-electron chi connectivity index (χ3n) is 3.84. The van der Waals surface area contributed by atoms with Gasteiger partial charge in [0.25, 0.3) is 11.8 Å². The summed E-state index contributed by atoms with van der Waals surface area (Å²) in [6, 6.07) is 9.96. The number of fused-ring (bicyclic) bond motifs is 1. The summed E-state index contributed by atoms with van der Waals surface area (Å²) in [7, 11) is 0. The number of nitrogens with zero attached hydrogens (tertiary/aromatic N) is 2. The van der Waals surface area contributed by atoms with Crippen molar-refractivity contribution in [1.29, 1.82) is 0 Å². The maximum absolute atomic E-state index is 12.4. The van der Waals surface area contributed by atoms with Crippen LogP contribution in [0.5, 0.6) is 0 Å². The second kappa shape index (κ2) is 6.23. The zero-order valence-corrected chi connectivity index (χ0v) is 13.4. The molecule has 0 atom stereocenters. The number of esters is 1. The Morgan fingerprint density at radius 2 is 1.71 bits per heavy atom. The molecular weight excluding hydrogens is 308 g/mol. The van der Waals surface area contributed by atoms with Crippen LogP contribution in [0.4, 0.5) is 0 Å². The van der Waals surface area contributed by atoms with Gasteiger partial charge >= 0.3 is 5.97 Å². The number of aryl methyl sites for hydroxylation is 1. The molecule has 3 rings (SSSR count). The molecule has 2 heterocycles. The predicted octanol–water partition coefficient (Wildman–Crippen LogP) is 2.36. The smallest absolute Gasteiger partial charge is 0.339 e. The van der Waals surface area contributed by atoms with E-state index in [9.17, 15) is 14.4 Å². The maximum atomic E-state index is 12.4. The molecule has 6 nitrogen and oxygen atoms in total. The fourth-order valence-corrected chi connectivity index (χ4v) is 2.67. The Bertz CT molecular complexity index is 810. The van der Waals surface area contributed by atoms with Crippen molar-refractivity contribution in [2.24, 2.45) is 0 Å². The molecule has 122 valence electrons. The first-order valence-corrected chi connectivity index (χ1v) is 7.61. The van der Waals surface area contributed by atoms with Crippen LogP contribution in [0, 0.1) is 6.92 Å². The lowest BCUT2D eigenvalue weighted by atomic mass is 10.1. The molecule has 0 saturated heterocycles. The Hall–Kier alpha value is -3.02. The number of carbonyl (C=O) groups is 3. The molecule has 0 N–H and O–H groups in total. The molecule has 0 saturated carbocycles. The number of hydrogen-bond acceptors (Lipinski definition) is 5. The number of carbonyl (C=O) groups excluding carboxylic acids is 3. The lowest BCUT2D eigenvalue weighted by molar-refractivity contribution is 0.0522. The van der Waals surface area contributed by atoms with Crippen molar-refractivity contribution >= 4 is 17.8 Å². The molecule has 2 amide bonds. The van der Waals surface area contributed by atoms with Gasteiger partial charge in [0.1, 0.15) is 0 Å². The Morgan fingerprint density at radius 3 is 2.25 bits per heavy atom. The zero-order valence-electron chi connectivity index (χ0n) is 13.4. The van der Waals surface area contributed by atoms with Gasteiger partial charge in [0.2, 0.25) is 0 Å². The molecule has 0 bridgehead atoms. The minimum absolute atomic E-state index is 0.0658. The van der Waals surface area contributed by atoms with E-state index in [0.717, 1.165) is 4.90 Å². The second-order valence-electron chi connectivity index (χ2n) is 5.40. The number of amides is 2. The number of benzene rings is 1. The van der Waals surface area contributed by atoms with Crippen molar-refractivity contribution in [2.75, 3.05) is 6.61 Å². The molecule has 0 fully saturated rings. The summed E-state index contributed by atoms with van der Waals surface area (Å²) < 4.78 is 4.96. The Kier molecular flexibility index (Phi) is 4.12. The van der Waals surface area contributed by atoms with Gasteiger partial charge < -0.3 is 4.74 Å². The average molecular weight is 324 g/mol. The molecular formula is C18H16N2O4.